The van der Waals surface area contributed by atoms with Gasteiger partial charge in [-0.2, -0.15) is 8.94 Å². The van der Waals surface area contributed by atoms with Gasteiger partial charge in [0.15, 0.2) is 5.03 Å². The summed E-state index contributed by atoms with van der Waals surface area (Å²) in [5, 5.41) is 4.43. The second-order valence-corrected chi connectivity index (χ2v) is 9.49. The summed E-state index contributed by atoms with van der Waals surface area (Å²) in [7, 11) is -0.832. The van der Waals surface area contributed by atoms with Gasteiger partial charge in [0, 0.05) is 12.2 Å². The zero-order chi connectivity index (χ0) is 14.8. The van der Waals surface area contributed by atoms with E-state index in [1.54, 1.807) is 16.9 Å². The second kappa shape index (κ2) is 6.80. The first kappa shape index (κ1) is 16.3. The van der Waals surface area contributed by atoms with E-state index >= 15 is 0 Å². The molecule has 6 nitrogen and oxygen atoms in total. The molecule has 3 atom stereocenters. The number of likely N-dealkylation sites (N-methyl/N-ethyl adjacent to an activating group) is 1. The Balaban J connectivity index is 2.12. The van der Waals surface area contributed by atoms with Crippen LogP contribution in [0.15, 0.2) is 17.3 Å². The largest absolute Gasteiger partial charge is 0.302 e. The van der Waals surface area contributed by atoms with Gasteiger partial charge < -0.3 is 4.90 Å². The topological polar surface area (TPSA) is 58.4 Å². The van der Waals surface area contributed by atoms with Gasteiger partial charge >= 0.3 is 0 Å². The number of hydrogen-bond acceptors (Lipinski definition) is 4. The fraction of sp³-hybridized carbons (Fsp3) is 0.727. The molecule has 1 aliphatic rings. The molecule has 0 N–H and O–H groups in total. The van der Waals surface area contributed by atoms with Crippen molar-refractivity contribution in [2.24, 2.45) is 0 Å². The van der Waals surface area contributed by atoms with Crippen LogP contribution in [0.25, 0.3) is 0 Å². The van der Waals surface area contributed by atoms with Crippen LogP contribution in [0.2, 0.25) is 0 Å². The van der Waals surface area contributed by atoms with E-state index in [2.05, 4.69) is 17.0 Å². The van der Waals surface area contributed by atoms with E-state index in [9.17, 15) is 8.42 Å². The molecule has 0 aromatic carbocycles. The minimum atomic E-state index is -3.42. The van der Waals surface area contributed by atoms with Crippen molar-refractivity contribution in [2.45, 2.75) is 30.5 Å². The van der Waals surface area contributed by atoms with Crippen molar-refractivity contribution in [3.8, 4) is 0 Å². The molecule has 2 unspecified atom stereocenters. The van der Waals surface area contributed by atoms with Gasteiger partial charge in [0.05, 0.1) is 6.54 Å². The highest BCUT2D eigenvalue weighted by atomic mass is 32.2. The summed E-state index contributed by atoms with van der Waals surface area (Å²) in [6.07, 6.45) is 4.13. The van der Waals surface area contributed by atoms with E-state index in [1.807, 2.05) is 13.3 Å². The van der Waals surface area contributed by atoms with Gasteiger partial charge in [-0.3, -0.25) is 4.68 Å². The molecule has 1 saturated heterocycles. The van der Waals surface area contributed by atoms with E-state index in [1.165, 1.54) is 10.3 Å². The lowest BCUT2D eigenvalue weighted by Gasteiger charge is -2.19. The molecule has 0 spiro atoms. The van der Waals surface area contributed by atoms with E-state index in [4.69, 9.17) is 0 Å². The Morgan fingerprint density at radius 1 is 1.45 bits per heavy atom. The van der Waals surface area contributed by atoms with Crippen molar-refractivity contribution >= 4 is 27.5 Å². The molecular formula is C11H22N4O2P2S. The van der Waals surface area contributed by atoms with Gasteiger partial charge in [-0.05, 0) is 63.3 Å². The van der Waals surface area contributed by atoms with E-state index in [-0.39, 0.29) is 22.5 Å². The molecule has 0 amide bonds. The quantitative estimate of drug-likeness (QED) is 0.737. The number of sulfonamides is 1. The Hall–Kier alpha value is -0.0600. The summed E-state index contributed by atoms with van der Waals surface area (Å²) < 4.78 is 28.0. The van der Waals surface area contributed by atoms with Crippen LogP contribution in [-0.2, 0) is 16.6 Å². The summed E-state index contributed by atoms with van der Waals surface area (Å²) in [5.74, 6) is 0. The molecule has 1 aromatic heterocycles. The van der Waals surface area contributed by atoms with Gasteiger partial charge in [0.1, 0.15) is 0 Å². The maximum atomic E-state index is 12.4. The van der Waals surface area contributed by atoms with Crippen LogP contribution in [0.1, 0.15) is 12.8 Å². The third-order valence-electron chi connectivity index (χ3n) is 3.60. The predicted octanol–water partition coefficient (Wildman–Crippen LogP) is 1.41. The summed E-state index contributed by atoms with van der Waals surface area (Å²) in [6, 6.07) is 2.07. The first-order valence-electron chi connectivity index (χ1n) is 6.63. The first-order chi connectivity index (χ1) is 9.48. The Morgan fingerprint density at radius 3 is 2.70 bits per heavy atom. The standard InChI is InChI=1S/C11H22N4O2P2S/c1-13-7-4-5-10(13)9-14-8-6-11(12-14)20(16,17)15(18-2)19-3/h6,8,10,18-19H,4-5,7,9H2,1-3H3/t10-/m1/s1. The van der Waals surface area contributed by atoms with Gasteiger partial charge in [0.25, 0.3) is 10.0 Å². The smallest absolute Gasteiger partial charge is 0.268 e. The molecule has 2 rings (SSSR count). The van der Waals surface area contributed by atoms with Crippen molar-refractivity contribution in [1.29, 1.82) is 0 Å². The van der Waals surface area contributed by atoms with Gasteiger partial charge in [-0.25, -0.2) is 8.42 Å². The van der Waals surface area contributed by atoms with Crippen LogP contribution in [0.5, 0.6) is 0 Å². The SMILES string of the molecule is CPN(PC)S(=O)(=O)c1ccn(C[C@H]2CCCN2C)n1. The van der Waals surface area contributed by atoms with Crippen LogP contribution in [-0.4, -0.2) is 59.9 Å². The van der Waals surface area contributed by atoms with Gasteiger partial charge in [-0.15, -0.1) is 0 Å². The Kier molecular flexibility index (Phi) is 5.55. The minimum absolute atomic E-state index is 0.168. The average Bonchev–Trinajstić information content (AvgIpc) is 3.02. The zero-order valence-electron chi connectivity index (χ0n) is 12.1. The van der Waals surface area contributed by atoms with Crippen molar-refractivity contribution in [3.05, 3.63) is 12.3 Å². The minimum Gasteiger partial charge on any atom is -0.302 e. The molecule has 0 aliphatic carbocycles. The second-order valence-electron chi connectivity index (χ2n) is 4.87. The predicted molar refractivity (Wildman–Crippen MR) is 85.4 cm³/mol. The summed E-state index contributed by atoms with van der Waals surface area (Å²) in [6.45, 7) is 5.62. The monoisotopic (exact) mass is 336 g/mol. The van der Waals surface area contributed by atoms with E-state index in [0.717, 1.165) is 19.5 Å². The maximum absolute atomic E-state index is 12.4. The Bertz CT molecular complexity index is 544. The van der Waals surface area contributed by atoms with Crippen LogP contribution >= 0.6 is 17.5 Å². The lowest BCUT2D eigenvalue weighted by molar-refractivity contribution is 0.273. The summed E-state index contributed by atoms with van der Waals surface area (Å²) >= 11 is 0. The fourth-order valence-electron chi connectivity index (χ4n) is 2.45. The average molecular weight is 336 g/mol. The molecule has 1 fully saturated rings. The van der Waals surface area contributed by atoms with Crippen LogP contribution in [0.3, 0.4) is 0 Å². The van der Waals surface area contributed by atoms with Crippen molar-refractivity contribution in [2.75, 3.05) is 26.9 Å². The third-order valence-corrected chi connectivity index (χ3v) is 9.51. The highest BCUT2D eigenvalue weighted by Crippen LogP contribution is 2.34. The van der Waals surface area contributed by atoms with E-state index < -0.39 is 10.0 Å². The molecule has 0 saturated carbocycles. The number of likely N-dealkylation sites (tertiary alicyclic amines) is 1. The van der Waals surface area contributed by atoms with Crippen LogP contribution in [0, 0.1) is 0 Å². The highest BCUT2D eigenvalue weighted by molar-refractivity contribution is 7.97. The van der Waals surface area contributed by atoms with Crippen molar-refractivity contribution < 1.29 is 8.42 Å². The van der Waals surface area contributed by atoms with Crippen molar-refractivity contribution in [3.63, 3.8) is 0 Å². The molecule has 0 bridgehead atoms. The Morgan fingerprint density at radius 2 is 2.15 bits per heavy atom. The third kappa shape index (κ3) is 3.40. The number of aromatic nitrogens is 2. The molecule has 9 heteroatoms. The van der Waals surface area contributed by atoms with Crippen LogP contribution in [0.4, 0.5) is 0 Å². The molecule has 2 heterocycles. The number of rotatable bonds is 6. The highest BCUT2D eigenvalue weighted by Gasteiger charge is 2.26. The van der Waals surface area contributed by atoms with Crippen molar-refractivity contribution in [1.82, 2.24) is 18.5 Å². The maximum Gasteiger partial charge on any atom is 0.268 e. The molecule has 20 heavy (non-hydrogen) atoms. The fourth-order valence-corrected chi connectivity index (χ4v) is 6.46. The van der Waals surface area contributed by atoms with Crippen LogP contribution < -0.4 is 0 Å². The number of nitrogens with zero attached hydrogens (tertiary/aromatic N) is 4. The number of hydrogen-bond donors (Lipinski definition) is 0. The lowest BCUT2D eigenvalue weighted by Crippen LogP contribution is -2.29. The van der Waals surface area contributed by atoms with Gasteiger partial charge in [-0.1, -0.05) is 0 Å². The Labute approximate surface area is 124 Å². The lowest BCUT2D eigenvalue weighted by atomic mass is 10.2. The van der Waals surface area contributed by atoms with Gasteiger partial charge in [0.2, 0.25) is 0 Å². The van der Waals surface area contributed by atoms with E-state index in [0.29, 0.717) is 6.04 Å². The molecule has 0 radical (unpaired) electrons. The molecule has 114 valence electrons. The summed E-state index contributed by atoms with van der Waals surface area (Å²) in [5.41, 5.74) is 0. The molecule has 1 aliphatic heterocycles. The molecule has 1 aromatic rings. The normalized spacial score (nSPS) is 22.1. The first-order valence-corrected chi connectivity index (χ1v) is 11.0. The summed E-state index contributed by atoms with van der Waals surface area (Å²) in [4.78, 5) is 2.31. The zero-order valence-corrected chi connectivity index (χ0v) is 14.9. The molecular weight excluding hydrogens is 314 g/mol.